The molecule has 1 unspecified atom stereocenters. The van der Waals surface area contributed by atoms with Crippen molar-refractivity contribution in [1.29, 1.82) is 0 Å². The number of halogens is 2. The van der Waals surface area contributed by atoms with Gasteiger partial charge in [-0.3, -0.25) is 9.13 Å². The molecule has 39 heavy (non-hydrogen) atoms. The van der Waals surface area contributed by atoms with Crippen molar-refractivity contribution in [3.05, 3.63) is 65.0 Å². The summed E-state index contributed by atoms with van der Waals surface area (Å²) >= 11 is 6.20. The van der Waals surface area contributed by atoms with Crippen molar-refractivity contribution >= 4 is 43.5 Å². The zero-order chi connectivity index (χ0) is 29.0. The Labute approximate surface area is 228 Å². The van der Waals surface area contributed by atoms with E-state index < -0.39 is 46.2 Å². The Hall–Kier alpha value is -2.18. The topological polar surface area (TPSA) is 187 Å². The molecule has 2 aromatic heterocycles. The van der Waals surface area contributed by atoms with E-state index in [1.807, 2.05) is 37.3 Å². The third kappa shape index (κ3) is 8.40. The van der Waals surface area contributed by atoms with Gasteiger partial charge >= 0.3 is 15.2 Å². The number of anilines is 1. The maximum absolute atomic E-state index is 15.4. The Balaban J connectivity index is 1.83. The van der Waals surface area contributed by atoms with Crippen LogP contribution in [-0.2, 0) is 13.7 Å². The number of aliphatic hydroxyl groups excluding tert-OH is 2. The number of rotatable bonds is 13. The number of benzene rings is 1. The average Bonchev–Trinajstić information content (AvgIpc) is 3.28. The minimum absolute atomic E-state index is 0.0337. The highest BCUT2D eigenvalue weighted by Gasteiger charge is 2.35. The molecule has 0 fully saturated rings. The van der Waals surface area contributed by atoms with Gasteiger partial charge in [0.05, 0.1) is 23.9 Å². The molecule has 0 aliphatic heterocycles. The Morgan fingerprint density at radius 1 is 1.23 bits per heavy atom. The molecule has 0 aliphatic rings. The number of pyridine rings is 1. The van der Waals surface area contributed by atoms with Gasteiger partial charge in [-0.2, -0.15) is 5.10 Å². The first-order valence-electron chi connectivity index (χ1n) is 11.8. The third-order valence-corrected chi connectivity index (χ3v) is 9.32. The van der Waals surface area contributed by atoms with Crippen molar-refractivity contribution in [2.45, 2.75) is 44.8 Å². The van der Waals surface area contributed by atoms with Gasteiger partial charge in [0.2, 0.25) is 0 Å². The Bertz CT molecular complexity index is 1400. The van der Waals surface area contributed by atoms with E-state index in [9.17, 15) is 24.2 Å². The molecule has 2 heterocycles. The van der Waals surface area contributed by atoms with Gasteiger partial charge in [-0.15, -0.1) is 0 Å². The van der Waals surface area contributed by atoms with Crippen LogP contribution in [0.4, 0.5) is 10.1 Å². The highest BCUT2D eigenvalue weighted by Crippen LogP contribution is 2.55. The van der Waals surface area contributed by atoms with Crippen LogP contribution in [0.25, 0.3) is 11.0 Å². The van der Waals surface area contributed by atoms with Gasteiger partial charge in [0.15, 0.2) is 23.9 Å². The fraction of sp³-hybridized carbons (Fsp3) is 0.391. The number of hydrogen-bond acceptors (Lipinski definition) is 8. The van der Waals surface area contributed by atoms with Gasteiger partial charge in [-0.25, -0.2) is 14.1 Å². The van der Waals surface area contributed by atoms with E-state index in [1.54, 1.807) is 13.0 Å². The Morgan fingerprint density at radius 3 is 2.51 bits per heavy atom. The molecule has 16 heteroatoms. The monoisotopic (exact) mass is 606 g/mol. The van der Waals surface area contributed by atoms with Crippen LogP contribution in [0, 0.1) is 0 Å². The Morgan fingerprint density at radius 2 is 1.90 bits per heavy atom. The van der Waals surface area contributed by atoms with E-state index in [-0.39, 0.29) is 28.8 Å². The highest BCUT2D eigenvalue weighted by molar-refractivity contribution is 7.70. The van der Waals surface area contributed by atoms with Crippen LogP contribution in [0.2, 0.25) is 5.15 Å². The van der Waals surface area contributed by atoms with Gasteiger partial charge in [-0.1, -0.05) is 54.9 Å². The molecule has 0 saturated heterocycles. The van der Waals surface area contributed by atoms with E-state index in [0.29, 0.717) is 11.1 Å². The second-order valence-electron chi connectivity index (χ2n) is 8.80. The summed E-state index contributed by atoms with van der Waals surface area (Å²) < 4.78 is 44.0. The van der Waals surface area contributed by atoms with Crippen LogP contribution in [0.1, 0.15) is 38.1 Å². The number of allylic oxidation sites excluding steroid dienone is 1. The van der Waals surface area contributed by atoms with E-state index in [4.69, 9.17) is 25.9 Å². The summed E-state index contributed by atoms with van der Waals surface area (Å²) in [5.41, 5.74) is 1.33. The first-order valence-corrected chi connectivity index (χ1v) is 15.7. The van der Waals surface area contributed by atoms with Gasteiger partial charge in [-0.05, 0) is 30.5 Å². The van der Waals surface area contributed by atoms with Gasteiger partial charge < -0.3 is 34.7 Å². The van der Waals surface area contributed by atoms with Crippen LogP contribution < -0.4 is 5.32 Å². The van der Waals surface area contributed by atoms with Gasteiger partial charge in [0.25, 0.3) is 0 Å². The lowest BCUT2D eigenvalue weighted by atomic mass is 10.0. The standard InChI is InChI=1S/C23H30ClFN4O8P2/c1-3-7-16(12-37-39(35,36)13-38(32,33)34)21(30)20(25)23(31)29-22-17(11-26-29)18(10-19(24)28-22)27-14(2)15-8-5-4-6-9-15/h4-11,14,20-21,23,30-31H,3,12-13H2,1-2H3,(H,27,28)(H,35,36)(H2,32,33,34)/b16-7-/t14-,20-,21+,23+/m0/s1. The van der Waals surface area contributed by atoms with Crippen molar-refractivity contribution in [3.63, 3.8) is 0 Å². The number of nitrogens with zero attached hydrogens (tertiary/aromatic N) is 3. The smallest absolute Gasteiger partial charge is 0.340 e. The van der Waals surface area contributed by atoms with Crippen LogP contribution >= 0.6 is 26.8 Å². The van der Waals surface area contributed by atoms with E-state index in [2.05, 4.69) is 15.4 Å². The Kier molecular flexibility index (Phi) is 10.4. The fourth-order valence-corrected chi connectivity index (χ4v) is 6.57. The zero-order valence-corrected chi connectivity index (χ0v) is 23.5. The SMILES string of the molecule is CC/C=C(/COP(=O)(O)CP(=O)(O)O)[C@@H](O)[C@H](F)[C@@H](O)n1ncc2c(N[C@@H](C)c3ccccc3)cc(Cl)nc21. The third-order valence-electron chi connectivity index (χ3n) is 5.69. The second-order valence-corrected chi connectivity index (χ2v) is 13.2. The van der Waals surface area contributed by atoms with Crippen LogP contribution in [0.15, 0.2) is 54.2 Å². The van der Waals surface area contributed by atoms with Crippen molar-refractivity contribution in [2.24, 2.45) is 0 Å². The molecule has 1 aromatic carbocycles. The lowest BCUT2D eigenvalue weighted by Gasteiger charge is -2.24. The number of nitrogens with one attached hydrogen (secondary N) is 1. The number of fused-ring (bicyclic) bond motifs is 1. The maximum atomic E-state index is 15.4. The van der Waals surface area contributed by atoms with Crippen molar-refractivity contribution < 1.29 is 42.9 Å². The number of alkyl halides is 1. The molecule has 6 N–H and O–H groups in total. The number of aliphatic hydroxyl groups is 2. The summed E-state index contributed by atoms with van der Waals surface area (Å²) in [7, 11) is -9.64. The molecule has 0 spiro atoms. The molecule has 3 rings (SSSR count). The predicted molar refractivity (Wildman–Crippen MR) is 144 cm³/mol. The summed E-state index contributed by atoms with van der Waals surface area (Å²) in [4.78, 5) is 31.7. The number of hydrogen-bond donors (Lipinski definition) is 6. The predicted octanol–water partition coefficient (Wildman–Crippen LogP) is 4.12. The largest absolute Gasteiger partial charge is 0.385 e. The molecular weight excluding hydrogens is 577 g/mol. The maximum Gasteiger partial charge on any atom is 0.340 e. The van der Waals surface area contributed by atoms with Crippen LogP contribution in [0.5, 0.6) is 0 Å². The molecule has 12 nitrogen and oxygen atoms in total. The molecule has 0 saturated carbocycles. The molecular formula is C23H30ClFN4O8P2. The molecule has 3 aromatic rings. The highest BCUT2D eigenvalue weighted by atomic mass is 35.5. The second kappa shape index (κ2) is 13.0. The summed E-state index contributed by atoms with van der Waals surface area (Å²) in [6.45, 7) is 2.76. The molecule has 5 atom stereocenters. The summed E-state index contributed by atoms with van der Waals surface area (Å²) in [5.74, 6) is -1.44. The van der Waals surface area contributed by atoms with Crippen LogP contribution in [-0.4, -0.2) is 64.4 Å². The van der Waals surface area contributed by atoms with Crippen molar-refractivity contribution in [1.82, 2.24) is 14.8 Å². The van der Waals surface area contributed by atoms with Crippen LogP contribution in [0.3, 0.4) is 0 Å². The van der Waals surface area contributed by atoms with E-state index >= 15 is 4.39 Å². The average molecular weight is 607 g/mol. The summed E-state index contributed by atoms with van der Waals surface area (Å²) in [5, 5.41) is 29.2. The van der Waals surface area contributed by atoms with Gasteiger partial charge in [0.1, 0.15) is 11.3 Å². The molecule has 0 amide bonds. The lowest BCUT2D eigenvalue weighted by Crippen LogP contribution is -2.35. The fourth-order valence-electron chi connectivity index (χ4n) is 3.84. The van der Waals surface area contributed by atoms with E-state index in [0.717, 1.165) is 10.2 Å². The van der Waals surface area contributed by atoms with Gasteiger partial charge in [0, 0.05) is 6.04 Å². The first-order chi connectivity index (χ1) is 18.2. The molecule has 214 valence electrons. The normalized spacial score (nSPS) is 17.4. The van der Waals surface area contributed by atoms with Crippen molar-refractivity contribution in [2.75, 3.05) is 17.8 Å². The number of aromatic nitrogens is 3. The minimum atomic E-state index is -4.88. The first kappa shape index (κ1) is 31.3. The molecule has 0 radical (unpaired) electrons. The minimum Gasteiger partial charge on any atom is -0.385 e. The lowest BCUT2D eigenvalue weighted by molar-refractivity contribution is -0.0413. The summed E-state index contributed by atoms with van der Waals surface area (Å²) in [6, 6.07) is 11.0. The molecule has 0 aliphatic carbocycles. The van der Waals surface area contributed by atoms with E-state index in [1.165, 1.54) is 12.3 Å². The van der Waals surface area contributed by atoms with Crippen molar-refractivity contribution in [3.8, 4) is 0 Å². The quantitative estimate of drug-likeness (QED) is 0.0933. The molecule has 0 bridgehead atoms. The zero-order valence-electron chi connectivity index (χ0n) is 21.0. The summed E-state index contributed by atoms with van der Waals surface area (Å²) in [6.07, 6.45) is -3.57.